The lowest BCUT2D eigenvalue weighted by atomic mass is 10.1. The summed E-state index contributed by atoms with van der Waals surface area (Å²) in [6.07, 6.45) is 2.20. The summed E-state index contributed by atoms with van der Waals surface area (Å²) < 4.78 is 4.70. The summed E-state index contributed by atoms with van der Waals surface area (Å²) in [5.74, 6) is -0.726. The first-order chi connectivity index (χ1) is 9.67. The van der Waals surface area contributed by atoms with Gasteiger partial charge in [-0.15, -0.1) is 0 Å². The summed E-state index contributed by atoms with van der Waals surface area (Å²) in [5, 5.41) is 2.65. The molecule has 0 aliphatic rings. The standard InChI is InChI=1S/C15H19NO4/c1-20-15(19)13(11-12-7-3-2-4-8-12)16-14(18)9-5-6-10-17/h2-4,7-8,10,13H,5-6,9,11H2,1H3,(H,16,18)/t13-/m0/s1. The molecular weight excluding hydrogens is 258 g/mol. The van der Waals surface area contributed by atoms with Crippen molar-refractivity contribution in [1.29, 1.82) is 0 Å². The van der Waals surface area contributed by atoms with E-state index in [0.717, 1.165) is 11.8 Å². The molecule has 1 aromatic carbocycles. The Bertz CT molecular complexity index is 444. The highest BCUT2D eigenvalue weighted by molar-refractivity contribution is 5.84. The Hall–Kier alpha value is -2.17. The molecular formula is C15H19NO4. The van der Waals surface area contributed by atoms with Crippen LogP contribution >= 0.6 is 0 Å². The predicted molar refractivity (Wildman–Crippen MR) is 74.0 cm³/mol. The molecule has 0 unspecified atom stereocenters. The van der Waals surface area contributed by atoms with Crippen molar-refractivity contribution in [2.45, 2.75) is 31.7 Å². The van der Waals surface area contributed by atoms with Crippen LogP contribution in [0.3, 0.4) is 0 Å². The van der Waals surface area contributed by atoms with Crippen molar-refractivity contribution in [3.63, 3.8) is 0 Å². The van der Waals surface area contributed by atoms with Crippen LogP contribution in [0.1, 0.15) is 24.8 Å². The first kappa shape index (κ1) is 15.9. The second-order valence-electron chi connectivity index (χ2n) is 4.39. The largest absolute Gasteiger partial charge is 0.467 e. The Morgan fingerprint density at radius 2 is 2.00 bits per heavy atom. The number of hydrogen-bond acceptors (Lipinski definition) is 4. The summed E-state index contributed by atoms with van der Waals surface area (Å²) in [7, 11) is 1.29. The van der Waals surface area contributed by atoms with Crippen molar-refractivity contribution in [3.8, 4) is 0 Å². The lowest BCUT2D eigenvalue weighted by molar-refractivity contribution is -0.145. The van der Waals surface area contributed by atoms with Gasteiger partial charge in [-0.1, -0.05) is 30.3 Å². The fourth-order valence-electron chi connectivity index (χ4n) is 1.80. The molecule has 1 atom stereocenters. The maximum atomic E-state index is 11.7. The molecule has 1 aromatic rings. The fourth-order valence-corrected chi connectivity index (χ4v) is 1.80. The van der Waals surface area contributed by atoms with Gasteiger partial charge >= 0.3 is 5.97 Å². The number of carbonyl (C=O) groups excluding carboxylic acids is 3. The molecule has 0 spiro atoms. The van der Waals surface area contributed by atoms with E-state index in [9.17, 15) is 14.4 Å². The molecule has 20 heavy (non-hydrogen) atoms. The quantitative estimate of drug-likeness (QED) is 0.441. The van der Waals surface area contributed by atoms with E-state index in [4.69, 9.17) is 4.74 Å². The smallest absolute Gasteiger partial charge is 0.328 e. The Labute approximate surface area is 118 Å². The van der Waals surface area contributed by atoms with Gasteiger partial charge in [-0.05, 0) is 12.0 Å². The van der Waals surface area contributed by atoms with E-state index < -0.39 is 12.0 Å². The van der Waals surface area contributed by atoms with Crippen LogP contribution in [0, 0.1) is 0 Å². The predicted octanol–water partition coefficient (Wildman–Crippen LogP) is 1.26. The van der Waals surface area contributed by atoms with Gasteiger partial charge in [-0.2, -0.15) is 0 Å². The number of benzene rings is 1. The average molecular weight is 277 g/mol. The van der Waals surface area contributed by atoms with Gasteiger partial charge in [0, 0.05) is 19.3 Å². The SMILES string of the molecule is COC(=O)[C@H](Cc1ccccc1)NC(=O)CCCC=O. The minimum absolute atomic E-state index is 0.223. The Morgan fingerprint density at radius 3 is 2.60 bits per heavy atom. The van der Waals surface area contributed by atoms with Crippen LogP contribution < -0.4 is 5.32 Å². The van der Waals surface area contributed by atoms with Gasteiger partial charge in [0.2, 0.25) is 5.91 Å². The van der Waals surface area contributed by atoms with Gasteiger partial charge < -0.3 is 14.8 Å². The molecule has 0 bridgehead atoms. The summed E-state index contributed by atoms with van der Waals surface area (Å²) in [4.78, 5) is 33.6. The maximum absolute atomic E-state index is 11.7. The van der Waals surface area contributed by atoms with Crippen molar-refractivity contribution < 1.29 is 19.1 Å². The Kier molecular flexibility index (Phi) is 7.03. The second-order valence-corrected chi connectivity index (χ2v) is 4.39. The topological polar surface area (TPSA) is 72.5 Å². The van der Waals surface area contributed by atoms with Crippen LogP contribution in [0.4, 0.5) is 0 Å². The molecule has 0 aliphatic carbocycles. The molecule has 5 heteroatoms. The molecule has 5 nitrogen and oxygen atoms in total. The number of ether oxygens (including phenoxy) is 1. The maximum Gasteiger partial charge on any atom is 0.328 e. The van der Waals surface area contributed by atoms with Gasteiger partial charge in [-0.3, -0.25) is 4.79 Å². The van der Waals surface area contributed by atoms with Crippen molar-refractivity contribution in [3.05, 3.63) is 35.9 Å². The third kappa shape index (κ3) is 5.65. The monoisotopic (exact) mass is 277 g/mol. The molecule has 1 amide bonds. The van der Waals surface area contributed by atoms with E-state index in [1.807, 2.05) is 30.3 Å². The zero-order chi connectivity index (χ0) is 14.8. The molecule has 0 aromatic heterocycles. The molecule has 0 heterocycles. The van der Waals surface area contributed by atoms with Gasteiger partial charge in [0.25, 0.3) is 0 Å². The van der Waals surface area contributed by atoms with Crippen molar-refractivity contribution >= 4 is 18.2 Å². The zero-order valence-electron chi connectivity index (χ0n) is 11.5. The Balaban J connectivity index is 2.58. The minimum atomic E-state index is -0.703. The number of methoxy groups -OCH3 is 1. The number of esters is 1. The van der Waals surface area contributed by atoms with Gasteiger partial charge in [0.15, 0.2) is 0 Å². The highest BCUT2D eigenvalue weighted by Gasteiger charge is 2.21. The molecule has 1 rings (SSSR count). The highest BCUT2D eigenvalue weighted by atomic mass is 16.5. The lowest BCUT2D eigenvalue weighted by Crippen LogP contribution is -2.43. The first-order valence-corrected chi connectivity index (χ1v) is 6.52. The number of hydrogen-bond donors (Lipinski definition) is 1. The number of aldehydes is 1. The van der Waals surface area contributed by atoms with Gasteiger partial charge in [0.05, 0.1) is 7.11 Å². The number of rotatable bonds is 8. The molecule has 0 saturated carbocycles. The van der Waals surface area contributed by atoms with Gasteiger partial charge in [-0.25, -0.2) is 4.79 Å². The number of amides is 1. The number of unbranched alkanes of at least 4 members (excludes halogenated alkanes) is 1. The van der Waals surface area contributed by atoms with Crippen LogP contribution in [0.25, 0.3) is 0 Å². The van der Waals surface area contributed by atoms with Crippen molar-refractivity contribution in [1.82, 2.24) is 5.32 Å². The Morgan fingerprint density at radius 1 is 1.30 bits per heavy atom. The molecule has 0 aliphatic heterocycles. The summed E-state index contributed by atoms with van der Waals surface area (Å²) >= 11 is 0. The summed E-state index contributed by atoms with van der Waals surface area (Å²) in [6, 6.07) is 8.69. The van der Waals surface area contributed by atoms with E-state index in [0.29, 0.717) is 19.3 Å². The van der Waals surface area contributed by atoms with E-state index >= 15 is 0 Å². The van der Waals surface area contributed by atoms with E-state index in [-0.39, 0.29) is 12.3 Å². The third-order valence-corrected chi connectivity index (χ3v) is 2.83. The lowest BCUT2D eigenvalue weighted by Gasteiger charge is -2.16. The highest BCUT2D eigenvalue weighted by Crippen LogP contribution is 2.05. The summed E-state index contributed by atoms with van der Waals surface area (Å²) in [6.45, 7) is 0. The zero-order valence-corrected chi connectivity index (χ0v) is 11.5. The molecule has 0 fully saturated rings. The van der Waals surface area contributed by atoms with Crippen LogP contribution in [-0.2, 0) is 25.5 Å². The number of carbonyl (C=O) groups is 3. The molecule has 0 radical (unpaired) electrons. The van der Waals surface area contributed by atoms with Crippen molar-refractivity contribution in [2.75, 3.05) is 7.11 Å². The average Bonchev–Trinajstić information content (AvgIpc) is 2.47. The minimum Gasteiger partial charge on any atom is -0.467 e. The third-order valence-electron chi connectivity index (χ3n) is 2.83. The fraction of sp³-hybridized carbons (Fsp3) is 0.400. The molecule has 1 N–H and O–H groups in total. The van der Waals surface area contributed by atoms with E-state index in [1.165, 1.54) is 7.11 Å². The van der Waals surface area contributed by atoms with Crippen LogP contribution in [0.2, 0.25) is 0 Å². The van der Waals surface area contributed by atoms with E-state index in [1.54, 1.807) is 0 Å². The van der Waals surface area contributed by atoms with Gasteiger partial charge in [0.1, 0.15) is 12.3 Å². The molecule has 108 valence electrons. The van der Waals surface area contributed by atoms with Crippen LogP contribution in [-0.4, -0.2) is 31.3 Å². The number of nitrogens with one attached hydrogen (secondary N) is 1. The first-order valence-electron chi connectivity index (χ1n) is 6.52. The van der Waals surface area contributed by atoms with Crippen LogP contribution in [0.15, 0.2) is 30.3 Å². The normalized spacial score (nSPS) is 11.4. The van der Waals surface area contributed by atoms with Crippen molar-refractivity contribution in [2.24, 2.45) is 0 Å². The van der Waals surface area contributed by atoms with Crippen LogP contribution in [0.5, 0.6) is 0 Å². The summed E-state index contributed by atoms with van der Waals surface area (Å²) in [5.41, 5.74) is 0.941. The van der Waals surface area contributed by atoms with E-state index in [2.05, 4.69) is 5.32 Å². The molecule has 0 saturated heterocycles. The second kappa shape index (κ2) is 8.85.